The van der Waals surface area contributed by atoms with Gasteiger partial charge in [0.2, 0.25) is 11.8 Å². The van der Waals surface area contributed by atoms with E-state index in [0.717, 1.165) is 49.1 Å². The van der Waals surface area contributed by atoms with Crippen LogP contribution in [-0.2, 0) is 16.0 Å². The molecule has 2 rings (SSSR count). The van der Waals surface area contributed by atoms with E-state index in [-0.39, 0.29) is 23.8 Å². The van der Waals surface area contributed by atoms with E-state index >= 15 is 0 Å². The number of primary amides is 1. The van der Waals surface area contributed by atoms with Crippen molar-refractivity contribution in [1.82, 2.24) is 10.5 Å². The van der Waals surface area contributed by atoms with Crippen molar-refractivity contribution in [3.05, 3.63) is 17.0 Å². The first-order chi connectivity index (χ1) is 10.5. The number of hydrogen-bond donors (Lipinski definition) is 2. The molecule has 0 aromatic carbocycles. The second-order valence-electron chi connectivity index (χ2n) is 6.12. The van der Waals surface area contributed by atoms with E-state index in [9.17, 15) is 9.59 Å². The Kier molecular flexibility index (Phi) is 5.57. The highest BCUT2D eigenvalue weighted by molar-refractivity contribution is 5.80. The monoisotopic (exact) mass is 307 g/mol. The van der Waals surface area contributed by atoms with Gasteiger partial charge in [0.05, 0.1) is 11.6 Å². The van der Waals surface area contributed by atoms with E-state index in [0.29, 0.717) is 12.8 Å². The zero-order valence-electron chi connectivity index (χ0n) is 13.4. The molecule has 1 aromatic rings. The van der Waals surface area contributed by atoms with Crippen molar-refractivity contribution in [3.63, 3.8) is 0 Å². The Hall–Kier alpha value is -1.85. The minimum absolute atomic E-state index is 0.0434. The second kappa shape index (κ2) is 7.42. The molecule has 3 N–H and O–H groups in total. The van der Waals surface area contributed by atoms with E-state index in [1.54, 1.807) is 0 Å². The Labute approximate surface area is 130 Å². The number of carbonyl (C=O) groups excluding carboxylic acids is 2. The fourth-order valence-corrected chi connectivity index (χ4v) is 3.20. The van der Waals surface area contributed by atoms with Gasteiger partial charge in [0.25, 0.3) is 0 Å². The van der Waals surface area contributed by atoms with Gasteiger partial charge < -0.3 is 15.6 Å². The van der Waals surface area contributed by atoms with Crippen molar-refractivity contribution >= 4 is 11.8 Å². The van der Waals surface area contributed by atoms with Crippen LogP contribution in [0.25, 0.3) is 0 Å². The van der Waals surface area contributed by atoms with Gasteiger partial charge in [-0.05, 0) is 33.1 Å². The maximum Gasteiger partial charge on any atom is 0.222 e. The minimum atomic E-state index is -0.307. The highest BCUT2D eigenvalue weighted by Gasteiger charge is 2.29. The number of nitrogens with zero attached hydrogens (tertiary/aromatic N) is 1. The van der Waals surface area contributed by atoms with Crippen LogP contribution >= 0.6 is 0 Å². The Balaban J connectivity index is 1.91. The summed E-state index contributed by atoms with van der Waals surface area (Å²) in [5.41, 5.74) is 7.30. The SMILES string of the molecule is Cc1noc(C)c1CCC(=O)N[C@H]1CCCCC[C@H]1C(N)=O. The van der Waals surface area contributed by atoms with Crippen molar-refractivity contribution < 1.29 is 14.1 Å². The summed E-state index contributed by atoms with van der Waals surface area (Å²) in [6.07, 6.45) is 5.67. The summed E-state index contributed by atoms with van der Waals surface area (Å²) in [5.74, 6) is 0.163. The van der Waals surface area contributed by atoms with Crippen LogP contribution in [0.5, 0.6) is 0 Å². The van der Waals surface area contributed by atoms with Crippen molar-refractivity contribution in [3.8, 4) is 0 Å². The lowest BCUT2D eigenvalue weighted by Crippen LogP contribution is -2.45. The van der Waals surface area contributed by atoms with Crippen LogP contribution in [0.2, 0.25) is 0 Å². The molecular weight excluding hydrogens is 282 g/mol. The van der Waals surface area contributed by atoms with Crippen LogP contribution in [0.1, 0.15) is 55.5 Å². The van der Waals surface area contributed by atoms with Crippen LogP contribution in [-0.4, -0.2) is 23.0 Å². The van der Waals surface area contributed by atoms with Gasteiger partial charge in [-0.2, -0.15) is 0 Å². The predicted octanol–water partition coefficient (Wildman–Crippen LogP) is 1.77. The second-order valence-corrected chi connectivity index (χ2v) is 6.12. The van der Waals surface area contributed by atoms with Gasteiger partial charge in [0.15, 0.2) is 0 Å². The van der Waals surface area contributed by atoms with Gasteiger partial charge in [-0.3, -0.25) is 9.59 Å². The molecule has 6 heteroatoms. The quantitative estimate of drug-likeness (QED) is 0.810. The minimum Gasteiger partial charge on any atom is -0.369 e. The van der Waals surface area contributed by atoms with E-state index in [1.165, 1.54) is 0 Å². The van der Waals surface area contributed by atoms with E-state index in [1.807, 2.05) is 13.8 Å². The lowest BCUT2D eigenvalue weighted by Gasteiger charge is -2.23. The molecule has 0 unspecified atom stereocenters. The summed E-state index contributed by atoms with van der Waals surface area (Å²) in [6.45, 7) is 3.72. The fourth-order valence-electron chi connectivity index (χ4n) is 3.20. The molecule has 0 bridgehead atoms. The van der Waals surface area contributed by atoms with Crippen molar-refractivity contribution in [1.29, 1.82) is 0 Å². The average molecular weight is 307 g/mol. The number of nitrogens with two attached hydrogens (primary N) is 1. The molecule has 1 aromatic heterocycles. The molecule has 1 fully saturated rings. The third kappa shape index (κ3) is 4.08. The zero-order valence-corrected chi connectivity index (χ0v) is 13.4. The van der Waals surface area contributed by atoms with Gasteiger partial charge >= 0.3 is 0 Å². The summed E-state index contributed by atoms with van der Waals surface area (Å²) >= 11 is 0. The smallest absolute Gasteiger partial charge is 0.222 e. The van der Waals surface area contributed by atoms with Crippen LogP contribution in [0.3, 0.4) is 0 Å². The number of aryl methyl sites for hydroxylation is 2. The number of carbonyl (C=O) groups is 2. The summed E-state index contributed by atoms with van der Waals surface area (Å²) < 4.78 is 5.10. The standard InChI is InChI=1S/C16H25N3O3/c1-10-12(11(2)22-19-10)8-9-15(20)18-14-7-5-3-4-6-13(14)16(17)21/h13-14H,3-9H2,1-2H3,(H2,17,21)(H,18,20)/t13-,14+/m1/s1. The van der Waals surface area contributed by atoms with E-state index in [4.69, 9.17) is 10.3 Å². The van der Waals surface area contributed by atoms with Crippen molar-refractivity contribution in [2.75, 3.05) is 0 Å². The van der Waals surface area contributed by atoms with Crippen LogP contribution in [0.4, 0.5) is 0 Å². The molecule has 122 valence electrons. The summed E-state index contributed by atoms with van der Waals surface area (Å²) in [7, 11) is 0. The predicted molar refractivity (Wildman–Crippen MR) is 82.0 cm³/mol. The summed E-state index contributed by atoms with van der Waals surface area (Å²) in [4.78, 5) is 23.8. The van der Waals surface area contributed by atoms with Gasteiger partial charge in [-0.1, -0.05) is 24.4 Å². The maximum atomic E-state index is 12.2. The first-order valence-electron chi connectivity index (χ1n) is 7.99. The topological polar surface area (TPSA) is 98.2 Å². The number of aromatic nitrogens is 1. The van der Waals surface area contributed by atoms with Crippen molar-refractivity contribution in [2.24, 2.45) is 11.7 Å². The molecule has 0 radical (unpaired) electrons. The van der Waals surface area contributed by atoms with Gasteiger partial charge in [0.1, 0.15) is 5.76 Å². The van der Waals surface area contributed by atoms with E-state index in [2.05, 4.69) is 10.5 Å². The largest absolute Gasteiger partial charge is 0.369 e. The highest BCUT2D eigenvalue weighted by Crippen LogP contribution is 2.23. The normalized spacial score (nSPS) is 22.1. The molecule has 1 heterocycles. The molecule has 22 heavy (non-hydrogen) atoms. The molecule has 2 amide bonds. The number of hydrogen-bond acceptors (Lipinski definition) is 4. The fraction of sp³-hybridized carbons (Fsp3) is 0.688. The molecule has 2 atom stereocenters. The first-order valence-corrected chi connectivity index (χ1v) is 7.99. The van der Waals surface area contributed by atoms with Crippen molar-refractivity contribution in [2.45, 2.75) is 64.8 Å². The Morgan fingerprint density at radius 1 is 1.27 bits per heavy atom. The summed E-state index contributed by atoms with van der Waals surface area (Å²) in [5, 5.41) is 6.89. The number of rotatable bonds is 5. The molecule has 1 saturated carbocycles. The highest BCUT2D eigenvalue weighted by atomic mass is 16.5. The molecular formula is C16H25N3O3. The average Bonchev–Trinajstić information content (AvgIpc) is 2.66. The summed E-state index contributed by atoms with van der Waals surface area (Å²) in [6, 6.07) is -0.128. The number of amides is 2. The Bertz CT molecular complexity index is 519. The van der Waals surface area contributed by atoms with E-state index < -0.39 is 0 Å². The molecule has 1 aliphatic rings. The van der Waals surface area contributed by atoms with Crippen LogP contribution in [0.15, 0.2) is 4.52 Å². The van der Waals surface area contributed by atoms with Gasteiger partial charge in [0, 0.05) is 18.0 Å². The Morgan fingerprint density at radius 2 is 2.00 bits per heavy atom. The lowest BCUT2D eigenvalue weighted by atomic mass is 9.94. The first kappa shape index (κ1) is 16.5. The zero-order chi connectivity index (χ0) is 16.1. The maximum absolute atomic E-state index is 12.2. The number of nitrogens with one attached hydrogen (secondary N) is 1. The van der Waals surface area contributed by atoms with Gasteiger partial charge in [-0.15, -0.1) is 0 Å². The van der Waals surface area contributed by atoms with Gasteiger partial charge in [-0.25, -0.2) is 0 Å². The van der Waals surface area contributed by atoms with Crippen LogP contribution < -0.4 is 11.1 Å². The molecule has 6 nitrogen and oxygen atoms in total. The Morgan fingerprint density at radius 3 is 2.64 bits per heavy atom. The molecule has 1 aliphatic carbocycles. The molecule has 0 spiro atoms. The molecule has 0 saturated heterocycles. The lowest BCUT2D eigenvalue weighted by molar-refractivity contribution is -0.125. The van der Waals surface area contributed by atoms with Crippen LogP contribution in [0, 0.1) is 19.8 Å². The third-order valence-corrected chi connectivity index (χ3v) is 4.51. The molecule has 0 aliphatic heterocycles. The third-order valence-electron chi connectivity index (χ3n) is 4.51.